The molecule has 162 valence electrons. The van der Waals surface area contributed by atoms with E-state index in [4.69, 9.17) is 22.1 Å². The van der Waals surface area contributed by atoms with E-state index in [1.165, 1.54) is 6.20 Å². The minimum absolute atomic E-state index is 0.0192. The average molecular weight is 450 g/mol. The number of halogens is 1. The normalized spacial score (nSPS) is 10.8. The molecule has 3 aromatic heterocycles. The van der Waals surface area contributed by atoms with Gasteiger partial charge >= 0.3 is 6.09 Å². The molecule has 0 saturated carbocycles. The van der Waals surface area contributed by atoms with Gasteiger partial charge in [0.25, 0.3) is 5.91 Å². The van der Waals surface area contributed by atoms with Crippen molar-refractivity contribution < 1.29 is 14.3 Å². The van der Waals surface area contributed by atoms with Crippen molar-refractivity contribution in [1.82, 2.24) is 20.3 Å². The van der Waals surface area contributed by atoms with Crippen LogP contribution in [0, 0.1) is 0 Å². The largest absolute Gasteiger partial charge is 0.443 e. The lowest BCUT2D eigenvalue weighted by Gasteiger charge is -2.10. The maximum Gasteiger partial charge on any atom is 0.404 e. The smallest absolute Gasteiger partial charge is 0.404 e. The summed E-state index contributed by atoms with van der Waals surface area (Å²) in [5, 5.41) is 4.46. The molecule has 4 rings (SSSR count). The molecule has 0 spiro atoms. The number of carbonyl (C=O) groups is 2. The van der Waals surface area contributed by atoms with Crippen molar-refractivity contribution in [2.24, 2.45) is 5.73 Å². The highest BCUT2D eigenvalue weighted by Crippen LogP contribution is 2.24. The second-order valence-electron chi connectivity index (χ2n) is 7.17. The number of primary amides is 1. The third-order valence-corrected chi connectivity index (χ3v) is 5.25. The predicted molar refractivity (Wildman–Crippen MR) is 120 cm³/mol. The molecule has 0 aliphatic heterocycles. The van der Waals surface area contributed by atoms with Crippen LogP contribution >= 0.6 is 11.6 Å². The van der Waals surface area contributed by atoms with E-state index in [2.05, 4.69) is 20.3 Å². The molecule has 0 atom stereocenters. The minimum Gasteiger partial charge on any atom is -0.443 e. The highest BCUT2D eigenvalue weighted by molar-refractivity contribution is 6.35. The molecule has 4 aromatic rings. The third kappa shape index (κ3) is 5.04. The Morgan fingerprint density at radius 3 is 2.88 bits per heavy atom. The van der Waals surface area contributed by atoms with Crippen molar-refractivity contribution >= 4 is 34.5 Å². The van der Waals surface area contributed by atoms with Crippen LogP contribution in [-0.2, 0) is 24.3 Å². The van der Waals surface area contributed by atoms with Crippen LogP contribution in [-0.4, -0.2) is 27.0 Å². The van der Waals surface area contributed by atoms with E-state index < -0.39 is 6.09 Å². The Morgan fingerprint density at radius 1 is 1.16 bits per heavy atom. The molecular weight excluding hydrogens is 430 g/mol. The Kier molecular flexibility index (Phi) is 6.32. The first-order chi connectivity index (χ1) is 15.5. The predicted octanol–water partition coefficient (Wildman–Crippen LogP) is 3.73. The lowest BCUT2D eigenvalue weighted by Crippen LogP contribution is -2.23. The maximum absolute atomic E-state index is 12.7. The first-order valence-electron chi connectivity index (χ1n) is 9.82. The minimum atomic E-state index is -0.861. The molecule has 1 aromatic carbocycles. The fourth-order valence-corrected chi connectivity index (χ4v) is 3.57. The van der Waals surface area contributed by atoms with Crippen LogP contribution in [0.15, 0.2) is 61.2 Å². The van der Waals surface area contributed by atoms with E-state index >= 15 is 0 Å². The summed E-state index contributed by atoms with van der Waals surface area (Å²) in [5.41, 5.74) is 9.64. The highest BCUT2D eigenvalue weighted by atomic mass is 35.5. The number of carbonyl (C=O) groups excluding carboxylic acids is 2. The molecule has 0 radical (unpaired) electrons. The number of fused-ring (bicyclic) bond motifs is 1. The Balaban J connectivity index is 1.44. The number of nitrogens with one attached hydrogen (secondary N) is 2. The van der Waals surface area contributed by atoms with Crippen LogP contribution in [0.2, 0.25) is 5.02 Å². The maximum atomic E-state index is 12.7. The molecule has 0 unspecified atom stereocenters. The number of nitrogens with two attached hydrogens (primary N) is 1. The highest BCUT2D eigenvalue weighted by Gasteiger charge is 2.11. The number of H-pyrrole nitrogens is 1. The zero-order valence-corrected chi connectivity index (χ0v) is 17.7. The second kappa shape index (κ2) is 9.49. The van der Waals surface area contributed by atoms with Gasteiger partial charge in [-0.3, -0.25) is 14.8 Å². The summed E-state index contributed by atoms with van der Waals surface area (Å²) < 4.78 is 4.86. The SMILES string of the molecule is NC(=O)OCc1ncccc1Cc1cncc(C(=O)NCc2ccc3[nH]cc(Cl)c3c2)c1. The average Bonchev–Trinajstić information content (AvgIpc) is 3.17. The van der Waals surface area contributed by atoms with Gasteiger partial charge in [0.2, 0.25) is 0 Å². The van der Waals surface area contributed by atoms with Crippen LogP contribution in [0.4, 0.5) is 4.79 Å². The standard InChI is InChI=1S/C23H20ClN5O3/c24-19-12-28-20-4-3-14(8-18(19)20)10-29-22(30)17-7-15(9-26-11-17)6-16-2-1-5-27-21(16)13-32-23(25)31/h1-5,7-9,11-12,28H,6,10,13H2,(H2,25,31)(H,29,30). The van der Waals surface area contributed by atoms with E-state index in [0.29, 0.717) is 29.2 Å². The van der Waals surface area contributed by atoms with Crippen LogP contribution in [0.1, 0.15) is 32.7 Å². The number of amides is 2. The van der Waals surface area contributed by atoms with Crippen LogP contribution in [0.5, 0.6) is 0 Å². The Morgan fingerprint density at radius 2 is 2.03 bits per heavy atom. The fraction of sp³-hybridized carbons (Fsp3) is 0.130. The summed E-state index contributed by atoms with van der Waals surface area (Å²) in [5.74, 6) is -0.233. The molecule has 0 fully saturated rings. The van der Waals surface area contributed by atoms with E-state index in [1.54, 1.807) is 30.7 Å². The molecule has 2 amide bonds. The van der Waals surface area contributed by atoms with Gasteiger partial charge in [0.05, 0.1) is 16.3 Å². The first-order valence-corrected chi connectivity index (χ1v) is 10.2. The monoisotopic (exact) mass is 449 g/mol. The Labute approximate surface area is 188 Å². The van der Waals surface area contributed by atoms with Crippen molar-refractivity contribution in [3.63, 3.8) is 0 Å². The van der Waals surface area contributed by atoms with Gasteiger partial charge in [-0.25, -0.2) is 4.79 Å². The molecule has 3 heterocycles. The molecule has 4 N–H and O–H groups in total. The molecule has 0 saturated heterocycles. The topological polar surface area (TPSA) is 123 Å². The van der Waals surface area contributed by atoms with Gasteiger partial charge < -0.3 is 20.8 Å². The van der Waals surface area contributed by atoms with E-state index in [0.717, 1.165) is 27.6 Å². The quantitative estimate of drug-likeness (QED) is 0.396. The number of aromatic nitrogens is 3. The van der Waals surface area contributed by atoms with Gasteiger partial charge in [-0.15, -0.1) is 0 Å². The second-order valence-corrected chi connectivity index (χ2v) is 7.58. The summed E-state index contributed by atoms with van der Waals surface area (Å²) in [6, 6.07) is 11.3. The van der Waals surface area contributed by atoms with Gasteiger partial charge in [0, 0.05) is 48.7 Å². The summed E-state index contributed by atoms with van der Waals surface area (Å²) in [4.78, 5) is 35.1. The van der Waals surface area contributed by atoms with Crippen LogP contribution in [0.25, 0.3) is 10.9 Å². The molecule has 9 heteroatoms. The molecule has 8 nitrogen and oxygen atoms in total. The van der Waals surface area contributed by atoms with Gasteiger partial charge in [0.1, 0.15) is 6.61 Å². The lowest BCUT2D eigenvalue weighted by atomic mass is 10.0. The zero-order chi connectivity index (χ0) is 22.5. The van der Waals surface area contributed by atoms with Crippen molar-refractivity contribution in [1.29, 1.82) is 0 Å². The van der Waals surface area contributed by atoms with Crippen LogP contribution in [0.3, 0.4) is 0 Å². The Hall–Kier alpha value is -3.91. The number of hydrogen-bond donors (Lipinski definition) is 3. The molecular formula is C23H20ClN5O3. The summed E-state index contributed by atoms with van der Waals surface area (Å²) >= 11 is 6.17. The fourth-order valence-electron chi connectivity index (χ4n) is 3.36. The first kappa shape index (κ1) is 21.3. The summed E-state index contributed by atoms with van der Waals surface area (Å²) in [7, 11) is 0. The summed E-state index contributed by atoms with van der Waals surface area (Å²) in [6.45, 7) is 0.340. The molecule has 0 aliphatic rings. The number of aromatic amines is 1. The zero-order valence-electron chi connectivity index (χ0n) is 17.0. The lowest BCUT2D eigenvalue weighted by molar-refractivity contribution is 0.0950. The van der Waals surface area contributed by atoms with Gasteiger partial charge in [-0.05, 0) is 41.0 Å². The van der Waals surface area contributed by atoms with Gasteiger partial charge in [-0.2, -0.15) is 0 Å². The Bertz CT molecular complexity index is 1290. The molecule has 0 aliphatic carbocycles. The number of pyridine rings is 2. The van der Waals surface area contributed by atoms with Crippen LogP contribution < -0.4 is 11.1 Å². The summed E-state index contributed by atoms with van der Waals surface area (Å²) in [6.07, 6.45) is 6.17. The van der Waals surface area contributed by atoms with Crippen molar-refractivity contribution in [2.45, 2.75) is 19.6 Å². The molecule has 32 heavy (non-hydrogen) atoms. The van der Waals surface area contributed by atoms with Crippen molar-refractivity contribution in [3.05, 3.63) is 94.2 Å². The third-order valence-electron chi connectivity index (χ3n) is 4.94. The van der Waals surface area contributed by atoms with Crippen molar-refractivity contribution in [3.8, 4) is 0 Å². The van der Waals surface area contributed by atoms with E-state index in [-0.39, 0.29) is 12.5 Å². The number of rotatable bonds is 7. The molecule has 0 bridgehead atoms. The number of hydrogen-bond acceptors (Lipinski definition) is 5. The van der Waals surface area contributed by atoms with Gasteiger partial charge in [-0.1, -0.05) is 23.7 Å². The number of nitrogens with zero attached hydrogens (tertiary/aromatic N) is 2. The van der Waals surface area contributed by atoms with E-state index in [1.807, 2.05) is 24.3 Å². The number of benzene rings is 1. The number of ether oxygens (including phenoxy) is 1. The van der Waals surface area contributed by atoms with Gasteiger partial charge in [0.15, 0.2) is 0 Å². The van der Waals surface area contributed by atoms with Crippen molar-refractivity contribution in [2.75, 3.05) is 0 Å². The van der Waals surface area contributed by atoms with E-state index in [9.17, 15) is 9.59 Å².